The molecule has 5 amide bonds. The lowest BCUT2D eigenvalue weighted by Crippen LogP contribution is -2.46. The van der Waals surface area contributed by atoms with Gasteiger partial charge in [0.25, 0.3) is 11.8 Å². The second-order valence-corrected chi connectivity index (χ2v) is 8.33. The fourth-order valence-electron chi connectivity index (χ4n) is 3.42. The van der Waals surface area contributed by atoms with Crippen LogP contribution in [0.4, 0.5) is 15.3 Å². The molecule has 0 saturated carbocycles. The Kier molecular flexibility index (Phi) is 8.72. The number of amides is 5. The number of nitrogens with zero attached hydrogens (tertiary/aromatic N) is 1. The van der Waals surface area contributed by atoms with Crippen LogP contribution in [0.1, 0.15) is 40.5 Å². The van der Waals surface area contributed by atoms with Crippen molar-refractivity contribution in [2.75, 3.05) is 25.0 Å². The van der Waals surface area contributed by atoms with Crippen molar-refractivity contribution in [2.45, 2.75) is 25.8 Å². The number of imide groups is 1. The molecule has 0 unspecified atom stereocenters. The quantitative estimate of drug-likeness (QED) is 0.558. The van der Waals surface area contributed by atoms with Gasteiger partial charge >= 0.3 is 12.1 Å². The van der Waals surface area contributed by atoms with Crippen molar-refractivity contribution >= 4 is 52.8 Å². The van der Waals surface area contributed by atoms with Crippen LogP contribution in [0.5, 0.6) is 0 Å². The minimum Gasteiger partial charge on any atom is -0.450 e. The highest BCUT2D eigenvalue weighted by molar-refractivity contribution is 6.35. The number of hydrogen-bond acceptors (Lipinski definition) is 5. The number of carbonyl (C=O) groups excluding carboxylic acids is 4. The molecule has 1 aliphatic heterocycles. The Hall–Kier alpha value is -3.30. The van der Waals surface area contributed by atoms with Crippen molar-refractivity contribution in [3.8, 4) is 0 Å². The van der Waals surface area contributed by atoms with Gasteiger partial charge < -0.3 is 20.3 Å². The van der Waals surface area contributed by atoms with E-state index < -0.39 is 11.9 Å². The summed E-state index contributed by atoms with van der Waals surface area (Å²) in [6, 6.07) is 9.81. The van der Waals surface area contributed by atoms with Crippen LogP contribution in [-0.4, -0.2) is 54.6 Å². The second-order valence-electron chi connectivity index (χ2n) is 7.52. The van der Waals surface area contributed by atoms with Gasteiger partial charge in [-0.2, -0.15) is 0 Å². The number of rotatable bonds is 5. The number of likely N-dealkylation sites (tertiary alicyclic amines) is 1. The number of urea groups is 1. The maximum atomic E-state index is 12.7. The molecule has 2 aromatic rings. The monoisotopic (exact) mass is 506 g/mol. The highest BCUT2D eigenvalue weighted by atomic mass is 35.5. The molecule has 11 heteroatoms. The summed E-state index contributed by atoms with van der Waals surface area (Å²) < 4.78 is 5.00. The van der Waals surface area contributed by atoms with Gasteiger partial charge in [-0.3, -0.25) is 14.9 Å². The number of anilines is 1. The smallest absolute Gasteiger partial charge is 0.409 e. The average molecular weight is 507 g/mol. The van der Waals surface area contributed by atoms with E-state index in [0.717, 1.165) is 0 Å². The predicted octanol–water partition coefficient (Wildman–Crippen LogP) is 4.31. The number of ether oxygens (including phenoxy) is 1. The molecule has 3 N–H and O–H groups in total. The Labute approximate surface area is 206 Å². The van der Waals surface area contributed by atoms with Crippen LogP contribution in [0, 0.1) is 0 Å². The third-order valence-electron chi connectivity index (χ3n) is 5.18. The third-order valence-corrected chi connectivity index (χ3v) is 5.84. The minimum atomic E-state index is -0.823. The summed E-state index contributed by atoms with van der Waals surface area (Å²) in [6.07, 6.45) is 0.831. The zero-order valence-electron chi connectivity index (χ0n) is 18.4. The summed E-state index contributed by atoms with van der Waals surface area (Å²) in [4.78, 5) is 50.7. The summed E-state index contributed by atoms with van der Waals surface area (Å²) in [5.41, 5.74) is 0.591. The van der Waals surface area contributed by atoms with Crippen molar-refractivity contribution in [1.82, 2.24) is 15.5 Å². The molecule has 0 atom stereocenters. The van der Waals surface area contributed by atoms with Crippen LogP contribution < -0.4 is 16.0 Å². The zero-order chi connectivity index (χ0) is 24.7. The van der Waals surface area contributed by atoms with E-state index in [1.165, 1.54) is 30.3 Å². The minimum absolute atomic E-state index is 0.109. The molecule has 1 aliphatic rings. The Bertz CT molecular complexity index is 1090. The van der Waals surface area contributed by atoms with E-state index in [9.17, 15) is 19.2 Å². The molecule has 2 aromatic carbocycles. The molecular weight excluding hydrogens is 483 g/mol. The van der Waals surface area contributed by atoms with Crippen LogP contribution in [0.2, 0.25) is 10.0 Å². The molecule has 0 aromatic heterocycles. The van der Waals surface area contributed by atoms with Gasteiger partial charge in [0.2, 0.25) is 0 Å². The van der Waals surface area contributed by atoms with Crippen molar-refractivity contribution in [3.05, 3.63) is 63.6 Å². The van der Waals surface area contributed by atoms with Gasteiger partial charge in [-0.05, 0) is 50.1 Å². The predicted molar refractivity (Wildman–Crippen MR) is 128 cm³/mol. The molecule has 0 bridgehead atoms. The molecule has 3 rings (SSSR count). The van der Waals surface area contributed by atoms with E-state index in [2.05, 4.69) is 16.0 Å². The maximum Gasteiger partial charge on any atom is 0.409 e. The van der Waals surface area contributed by atoms with Gasteiger partial charge in [-0.1, -0.05) is 35.3 Å². The molecule has 1 heterocycles. The fourth-order valence-corrected chi connectivity index (χ4v) is 3.81. The van der Waals surface area contributed by atoms with Gasteiger partial charge in [0, 0.05) is 24.7 Å². The van der Waals surface area contributed by atoms with Gasteiger partial charge in [-0.25, -0.2) is 9.59 Å². The van der Waals surface area contributed by atoms with Crippen molar-refractivity contribution in [1.29, 1.82) is 0 Å². The lowest BCUT2D eigenvalue weighted by molar-refractivity contribution is 0.0858. The summed E-state index contributed by atoms with van der Waals surface area (Å²) in [7, 11) is 0. The Morgan fingerprint density at radius 1 is 1.00 bits per heavy atom. The van der Waals surface area contributed by atoms with E-state index in [1.54, 1.807) is 24.0 Å². The molecule has 180 valence electrons. The van der Waals surface area contributed by atoms with Gasteiger partial charge in [0.1, 0.15) is 0 Å². The second kappa shape index (κ2) is 11.7. The van der Waals surface area contributed by atoms with Crippen LogP contribution >= 0.6 is 23.2 Å². The number of hydrogen-bond donors (Lipinski definition) is 3. The van der Waals surface area contributed by atoms with E-state index in [4.69, 9.17) is 27.9 Å². The van der Waals surface area contributed by atoms with Gasteiger partial charge in [0.05, 0.1) is 27.9 Å². The fraction of sp³-hybridized carbons (Fsp3) is 0.304. The molecule has 9 nitrogen and oxygen atoms in total. The molecular formula is C23H24Cl2N4O5. The Balaban J connectivity index is 1.57. The summed E-state index contributed by atoms with van der Waals surface area (Å²) in [5.74, 6) is -1.02. The van der Waals surface area contributed by atoms with Gasteiger partial charge in [0.15, 0.2) is 0 Å². The highest BCUT2D eigenvalue weighted by Gasteiger charge is 2.25. The zero-order valence-corrected chi connectivity index (χ0v) is 19.9. The molecule has 1 fully saturated rings. The summed E-state index contributed by atoms with van der Waals surface area (Å²) >= 11 is 12.1. The van der Waals surface area contributed by atoms with E-state index in [0.29, 0.717) is 32.5 Å². The number of nitrogens with one attached hydrogen (secondary N) is 3. The van der Waals surface area contributed by atoms with Crippen molar-refractivity contribution in [3.63, 3.8) is 0 Å². The van der Waals surface area contributed by atoms with E-state index in [1.807, 2.05) is 0 Å². The van der Waals surface area contributed by atoms with Crippen LogP contribution in [0.15, 0.2) is 42.5 Å². The first-order valence-corrected chi connectivity index (χ1v) is 11.4. The van der Waals surface area contributed by atoms with Crippen molar-refractivity contribution in [2.24, 2.45) is 0 Å². The first-order chi connectivity index (χ1) is 16.3. The maximum absolute atomic E-state index is 12.7. The first-order valence-electron chi connectivity index (χ1n) is 10.7. The Morgan fingerprint density at radius 3 is 2.38 bits per heavy atom. The van der Waals surface area contributed by atoms with Crippen LogP contribution in [0.25, 0.3) is 0 Å². The summed E-state index contributed by atoms with van der Waals surface area (Å²) in [5, 5.41) is 7.98. The van der Waals surface area contributed by atoms with Gasteiger partial charge in [-0.15, -0.1) is 0 Å². The standard InChI is InChI=1S/C23H24Cl2N4O5/c1-2-34-23(33)29-11-9-15(10-12-29)26-20(30)14-7-8-18(25)19(13-14)27-22(32)28-21(31)16-5-3-4-6-17(16)24/h3-8,13,15H,2,9-12H2,1H3,(H,26,30)(H2,27,28,31,32). The lowest BCUT2D eigenvalue weighted by atomic mass is 10.0. The SMILES string of the molecule is CCOC(=O)N1CCC(NC(=O)c2ccc(Cl)c(NC(=O)NC(=O)c3ccccc3Cl)c2)CC1. The molecule has 0 radical (unpaired) electrons. The molecule has 0 spiro atoms. The first kappa shape index (κ1) is 25.3. The largest absolute Gasteiger partial charge is 0.450 e. The number of piperidine rings is 1. The topological polar surface area (TPSA) is 117 Å². The molecule has 34 heavy (non-hydrogen) atoms. The number of carbonyl (C=O) groups is 4. The number of halogens is 2. The number of benzene rings is 2. The third kappa shape index (κ3) is 6.61. The normalized spacial score (nSPS) is 13.7. The lowest BCUT2D eigenvalue weighted by Gasteiger charge is -2.31. The van der Waals surface area contributed by atoms with Crippen LogP contribution in [0.3, 0.4) is 0 Å². The highest BCUT2D eigenvalue weighted by Crippen LogP contribution is 2.24. The summed E-state index contributed by atoms with van der Waals surface area (Å²) in [6.45, 7) is 3.03. The van der Waals surface area contributed by atoms with Crippen LogP contribution in [-0.2, 0) is 4.74 Å². The molecule has 1 saturated heterocycles. The van der Waals surface area contributed by atoms with E-state index in [-0.39, 0.29) is 44.9 Å². The van der Waals surface area contributed by atoms with E-state index >= 15 is 0 Å². The Morgan fingerprint density at radius 2 is 1.71 bits per heavy atom. The molecule has 0 aliphatic carbocycles. The van der Waals surface area contributed by atoms with Crippen molar-refractivity contribution < 1.29 is 23.9 Å². The average Bonchev–Trinajstić information content (AvgIpc) is 2.81.